The fourth-order valence-electron chi connectivity index (χ4n) is 0.764. The predicted molar refractivity (Wildman–Crippen MR) is 40.8 cm³/mol. The van der Waals surface area contributed by atoms with Crippen molar-refractivity contribution in [1.82, 2.24) is 0 Å². The molecule has 2 N–H and O–H groups in total. The third-order valence-electron chi connectivity index (χ3n) is 1.47. The molecule has 0 amide bonds. The summed E-state index contributed by atoms with van der Waals surface area (Å²) in [5, 5.41) is 18.4. The first-order chi connectivity index (χ1) is 5.67. The lowest BCUT2D eigenvalue weighted by Crippen LogP contribution is -2.41. The Balaban J connectivity index is 3.95. The first kappa shape index (κ1) is 11.5. The SMILES string of the molecule is COC[C@H](O)[C@H](O)[C@H](C=O)OC. The molecule has 0 aromatic heterocycles. The van der Waals surface area contributed by atoms with Gasteiger partial charge in [0.2, 0.25) is 0 Å². The van der Waals surface area contributed by atoms with E-state index in [0.29, 0.717) is 6.29 Å². The van der Waals surface area contributed by atoms with Crippen LogP contribution in [0.3, 0.4) is 0 Å². The molecule has 0 heterocycles. The predicted octanol–water partition coefficient (Wildman–Crippen LogP) is -1.43. The molecule has 0 aliphatic heterocycles. The van der Waals surface area contributed by atoms with Gasteiger partial charge in [-0.15, -0.1) is 0 Å². The highest BCUT2D eigenvalue weighted by Gasteiger charge is 2.25. The zero-order valence-corrected chi connectivity index (χ0v) is 7.14. The number of rotatable bonds is 6. The zero-order valence-electron chi connectivity index (χ0n) is 7.14. The number of aldehydes is 1. The maximum atomic E-state index is 10.2. The number of hydrogen-bond donors (Lipinski definition) is 2. The van der Waals surface area contributed by atoms with Gasteiger partial charge in [0, 0.05) is 14.2 Å². The van der Waals surface area contributed by atoms with Crippen LogP contribution >= 0.6 is 0 Å². The molecule has 72 valence electrons. The van der Waals surface area contributed by atoms with E-state index in [1.807, 2.05) is 0 Å². The molecule has 0 saturated carbocycles. The van der Waals surface area contributed by atoms with Gasteiger partial charge >= 0.3 is 0 Å². The van der Waals surface area contributed by atoms with Crippen LogP contribution in [0.15, 0.2) is 0 Å². The molecule has 0 aromatic rings. The minimum Gasteiger partial charge on any atom is -0.388 e. The Hall–Kier alpha value is -0.490. The van der Waals surface area contributed by atoms with Crippen LogP contribution < -0.4 is 0 Å². The van der Waals surface area contributed by atoms with Crippen molar-refractivity contribution in [2.24, 2.45) is 0 Å². The van der Waals surface area contributed by atoms with Gasteiger partial charge in [-0.25, -0.2) is 0 Å². The molecule has 0 spiro atoms. The summed E-state index contributed by atoms with van der Waals surface area (Å²) in [6.07, 6.45) is -2.92. The third-order valence-corrected chi connectivity index (χ3v) is 1.47. The standard InChI is InChI=1S/C7H14O5/c1-11-4-5(9)7(10)6(3-8)12-2/h3,5-7,9-10H,4H2,1-2H3/t5-,6-,7-/m0/s1. The summed E-state index contributed by atoms with van der Waals surface area (Å²) in [6, 6.07) is 0. The summed E-state index contributed by atoms with van der Waals surface area (Å²) in [7, 11) is 2.67. The van der Waals surface area contributed by atoms with E-state index in [0.717, 1.165) is 0 Å². The van der Waals surface area contributed by atoms with Crippen LogP contribution in [-0.2, 0) is 14.3 Å². The van der Waals surface area contributed by atoms with Crippen LogP contribution in [0.2, 0.25) is 0 Å². The highest BCUT2D eigenvalue weighted by atomic mass is 16.5. The lowest BCUT2D eigenvalue weighted by molar-refractivity contribution is -0.132. The smallest absolute Gasteiger partial charge is 0.151 e. The van der Waals surface area contributed by atoms with Crippen molar-refractivity contribution < 1.29 is 24.5 Å². The molecule has 0 saturated heterocycles. The van der Waals surface area contributed by atoms with Crippen molar-refractivity contribution in [2.45, 2.75) is 18.3 Å². The molecule has 0 rings (SSSR count). The molecule has 0 fully saturated rings. The van der Waals surface area contributed by atoms with Gasteiger partial charge in [-0.1, -0.05) is 0 Å². The van der Waals surface area contributed by atoms with Crippen LogP contribution in [0.4, 0.5) is 0 Å². The Labute approximate surface area is 70.9 Å². The lowest BCUT2D eigenvalue weighted by Gasteiger charge is -2.20. The topological polar surface area (TPSA) is 76.0 Å². The third kappa shape index (κ3) is 3.27. The maximum absolute atomic E-state index is 10.2. The summed E-state index contributed by atoms with van der Waals surface area (Å²) in [5.74, 6) is 0. The van der Waals surface area contributed by atoms with Gasteiger partial charge in [0.15, 0.2) is 6.29 Å². The molecule has 0 aliphatic rings. The molecule has 12 heavy (non-hydrogen) atoms. The minimum atomic E-state index is -1.24. The summed E-state index contributed by atoms with van der Waals surface area (Å²) < 4.78 is 9.18. The average molecular weight is 178 g/mol. The summed E-state index contributed by atoms with van der Waals surface area (Å²) in [5.41, 5.74) is 0. The molecule has 0 aliphatic carbocycles. The van der Waals surface area contributed by atoms with Crippen LogP contribution in [0.1, 0.15) is 0 Å². The molecule has 0 unspecified atom stereocenters. The largest absolute Gasteiger partial charge is 0.388 e. The second-order valence-electron chi connectivity index (χ2n) is 2.35. The fourth-order valence-corrected chi connectivity index (χ4v) is 0.764. The number of carbonyl (C=O) groups is 1. The Morgan fingerprint density at radius 2 is 2.00 bits per heavy atom. The highest BCUT2D eigenvalue weighted by Crippen LogP contribution is 2.01. The van der Waals surface area contributed by atoms with E-state index in [1.165, 1.54) is 14.2 Å². The van der Waals surface area contributed by atoms with Gasteiger partial charge in [-0.2, -0.15) is 0 Å². The van der Waals surface area contributed by atoms with Crippen molar-refractivity contribution >= 4 is 6.29 Å². The molecule has 3 atom stereocenters. The quantitative estimate of drug-likeness (QED) is 0.488. The second kappa shape index (κ2) is 6.07. The Kier molecular flexibility index (Phi) is 5.83. The number of aliphatic hydroxyl groups is 2. The van der Waals surface area contributed by atoms with E-state index in [9.17, 15) is 9.90 Å². The number of ether oxygens (including phenoxy) is 2. The number of methoxy groups -OCH3 is 2. The molecule has 0 radical (unpaired) electrons. The van der Waals surface area contributed by atoms with E-state index >= 15 is 0 Å². The second-order valence-corrected chi connectivity index (χ2v) is 2.35. The van der Waals surface area contributed by atoms with Crippen LogP contribution in [0, 0.1) is 0 Å². The molecule has 0 aromatic carbocycles. The van der Waals surface area contributed by atoms with Gasteiger partial charge in [-0.05, 0) is 0 Å². The van der Waals surface area contributed by atoms with Crippen LogP contribution in [0.5, 0.6) is 0 Å². The first-order valence-corrected chi connectivity index (χ1v) is 3.50. The van der Waals surface area contributed by atoms with Crippen molar-refractivity contribution in [3.63, 3.8) is 0 Å². The average Bonchev–Trinajstić information content (AvgIpc) is 2.07. The van der Waals surface area contributed by atoms with E-state index in [4.69, 9.17) is 5.11 Å². The van der Waals surface area contributed by atoms with Gasteiger partial charge < -0.3 is 24.5 Å². The normalized spacial score (nSPS) is 18.3. The van der Waals surface area contributed by atoms with Gasteiger partial charge in [0.05, 0.1) is 6.61 Å². The van der Waals surface area contributed by atoms with E-state index in [-0.39, 0.29) is 6.61 Å². The van der Waals surface area contributed by atoms with E-state index in [1.54, 1.807) is 0 Å². The molecule has 5 nitrogen and oxygen atoms in total. The number of aliphatic hydroxyl groups excluding tert-OH is 2. The number of hydrogen-bond acceptors (Lipinski definition) is 5. The minimum absolute atomic E-state index is 0.0329. The van der Waals surface area contributed by atoms with Gasteiger partial charge in [0.1, 0.15) is 18.3 Å². The Morgan fingerprint density at radius 1 is 1.42 bits per heavy atom. The van der Waals surface area contributed by atoms with E-state index in [2.05, 4.69) is 9.47 Å². The van der Waals surface area contributed by atoms with Crippen LogP contribution in [0.25, 0.3) is 0 Å². The zero-order chi connectivity index (χ0) is 9.56. The summed E-state index contributed by atoms with van der Waals surface area (Å²) >= 11 is 0. The van der Waals surface area contributed by atoms with Crippen molar-refractivity contribution in [2.75, 3.05) is 20.8 Å². The molecule has 5 heteroatoms. The summed E-state index contributed by atoms with van der Waals surface area (Å²) in [4.78, 5) is 10.2. The van der Waals surface area contributed by atoms with Crippen molar-refractivity contribution in [3.8, 4) is 0 Å². The molecule has 0 bridgehead atoms. The highest BCUT2D eigenvalue weighted by molar-refractivity contribution is 5.57. The van der Waals surface area contributed by atoms with Gasteiger partial charge in [-0.3, -0.25) is 0 Å². The Bertz CT molecular complexity index is 127. The molecular formula is C7H14O5. The van der Waals surface area contributed by atoms with Crippen LogP contribution in [-0.4, -0.2) is 55.6 Å². The van der Waals surface area contributed by atoms with Crippen molar-refractivity contribution in [3.05, 3.63) is 0 Å². The maximum Gasteiger partial charge on any atom is 0.151 e. The monoisotopic (exact) mass is 178 g/mol. The first-order valence-electron chi connectivity index (χ1n) is 3.50. The lowest BCUT2D eigenvalue weighted by atomic mass is 10.1. The molecular weight excluding hydrogens is 164 g/mol. The van der Waals surface area contributed by atoms with E-state index < -0.39 is 18.3 Å². The number of carbonyl (C=O) groups excluding carboxylic acids is 1. The Morgan fingerprint density at radius 3 is 2.33 bits per heavy atom. The van der Waals surface area contributed by atoms with Gasteiger partial charge in [0.25, 0.3) is 0 Å². The fraction of sp³-hybridized carbons (Fsp3) is 0.857. The van der Waals surface area contributed by atoms with Crippen molar-refractivity contribution in [1.29, 1.82) is 0 Å². The summed E-state index contributed by atoms with van der Waals surface area (Å²) in [6.45, 7) is -0.0329.